The van der Waals surface area contributed by atoms with Gasteiger partial charge in [-0.05, 0) is 45.4 Å². The number of nitrogens with one attached hydrogen (secondary N) is 1. The van der Waals surface area contributed by atoms with E-state index in [9.17, 15) is 19.2 Å². The van der Waals surface area contributed by atoms with Gasteiger partial charge in [-0.15, -0.1) is 0 Å². The second-order valence-electron chi connectivity index (χ2n) is 10.2. The van der Waals surface area contributed by atoms with Crippen LogP contribution in [0, 0.1) is 11.8 Å². The maximum Gasteiger partial charge on any atom is 0.410 e. The molecule has 2 aromatic rings. The van der Waals surface area contributed by atoms with Crippen LogP contribution in [-0.2, 0) is 21.4 Å². The fraction of sp³-hybridized carbons (Fsp3) is 0.538. The standard InChI is InChI=1S/C26H33N5O5/c1-26(2,3)36-25(35)30-15-13-29(14-16-30)12-6-5-7-18-8-9-19-21(17-18)28(4)24(34)31(19)20-10-11-22(32)27-23(20)33/h8-9,17,20H,6,10-16H2,1-4H3,(H,27,32,33). The van der Waals surface area contributed by atoms with E-state index in [1.54, 1.807) is 18.0 Å². The van der Waals surface area contributed by atoms with Crippen molar-refractivity contribution in [3.05, 3.63) is 34.2 Å². The van der Waals surface area contributed by atoms with Crippen molar-refractivity contribution in [3.8, 4) is 11.8 Å². The molecular formula is C26H33N5O5. The van der Waals surface area contributed by atoms with Crippen molar-refractivity contribution in [2.75, 3.05) is 32.7 Å². The SMILES string of the molecule is Cn1c(=O)n(C2CCC(=O)NC2=O)c2ccc(C#CCCN3CCN(C(=O)OC(C)(C)C)CC3)cc21. The zero-order valence-electron chi connectivity index (χ0n) is 21.3. The molecule has 2 fully saturated rings. The average Bonchev–Trinajstić information content (AvgIpc) is 3.06. The van der Waals surface area contributed by atoms with Gasteiger partial charge >= 0.3 is 11.8 Å². The monoisotopic (exact) mass is 495 g/mol. The first-order valence-electron chi connectivity index (χ1n) is 12.3. The minimum Gasteiger partial charge on any atom is -0.444 e. The number of imidazole rings is 1. The molecule has 1 atom stereocenters. The molecular weight excluding hydrogens is 462 g/mol. The summed E-state index contributed by atoms with van der Waals surface area (Å²) in [4.78, 5) is 52.9. The average molecular weight is 496 g/mol. The highest BCUT2D eigenvalue weighted by Gasteiger charge is 2.31. The number of ether oxygens (including phenoxy) is 1. The number of piperidine rings is 1. The number of rotatable bonds is 3. The predicted molar refractivity (Wildman–Crippen MR) is 134 cm³/mol. The Morgan fingerprint density at radius 3 is 2.50 bits per heavy atom. The van der Waals surface area contributed by atoms with Crippen LogP contribution >= 0.6 is 0 Å². The van der Waals surface area contributed by atoms with E-state index in [2.05, 4.69) is 22.1 Å². The molecule has 10 heteroatoms. The molecule has 1 N–H and O–H groups in total. The molecule has 0 bridgehead atoms. The second kappa shape index (κ2) is 10.2. The van der Waals surface area contributed by atoms with E-state index >= 15 is 0 Å². The summed E-state index contributed by atoms with van der Waals surface area (Å²) in [6.45, 7) is 9.24. The van der Waals surface area contributed by atoms with Crippen LogP contribution in [0.4, 0.5) is 4.79 Å². The predicted octanol–water partition coefficient (Wildman–Crippen LogP) is 1.61. The van der Waals surface area contributed by atoms with E-state index in [0.29, 0.717) is 37.0 Å². The third kappa shape index (κ3) is 5.62. The van der Waals surface area contributed by atoms with Gasteiger partial charge in [-0.2, -0.15) is 0 Å². The van der Waals surface area contributed by atoms with Gasteiger partial charge in [0, 0.05) is 58.2 Å². The fourth-order valence-electron chi connectivity index (χ4n) is 4.53. The number of aromatic nitrogens is 2. The first-order valence-corrected chi connectivity index (χ1v) is 12.3. The Morgan fingerprint density at radius 1 is 1.11 bits per heavy atom. The molecule has 0 saturated carbocycles. The molecule has 2 saturated heterocycles. The van der Waals surface area contributed by atoms with Gasteiger partial charge in [-0.3, -0.25) is 28.9 Å². The van der Waals surface area contributed by atoms with Crippen LogP contribution in [0.1, 0.15) is 51.6 Å². The number of benzene rings is 1. The molecule has 2 aliphatic heterocycles. The summed E-state index contributed by atoms with van der Waals surface area (Å²) < 4.78 is 8.41. The topological polar surface area (TPSA) is 106 Å². The summed E-state index contributed by atoms with van der Waals surface area (Å²) in [5.74, 6) is 5.61. The van der Waals surface area contributed by atoms with Gasteiger partial charge in [-0.1, -0.05) is 11.8 Å². The van der Waals surface area contributed by atoms with Crippen molar-refractivity contribution in [2.24, 2.45) is 7.05 Å². The minimum atomic E-state index is -0.702. The third-order valence-corrected chi connectivity index (χ3v) is 6.42. The highest BCUT2D eigenvalue weighted by atomic mass is 16.6. The summed E-state index contributed by atoms with van der Waals surface area (Å²) in [5, 5.41) is 2.32. The number of hydrogen-bond donors (Lipinski definition) is 1. The number of piperazine rings is 1. The molecule has 0 aliphatic carbocycles. The molecule has 1 aromatic heterocycles. The Bertz CT molecular complexity index is 1300. The maximum atomic E-state index is 12.9. The minimum absolute atomic E-state index is 0.207. The first-order chi connectivity index (χ1) is 17.0. The van der Waals surface area contributed by atoms with Crippen LogP contribution in [0.25, 0.3) is 11.0 Å². The van der Waals surface area contributed by atoms with Crippen molar-refractivity contribution in [3.63, 3.8) is 0 Å². The first kappa shape index (κ1) is 25.5. The fourth-order valence-corrected chi connectivity index (χ4v) is 4.53. The molecule has 1 aromatic carbocycles. The Hall–Kier alpha value is -3.58. The molecule has 192 valence electrons. The summed E-state index contributed by atoms with van der Waals surface area (Å²) in [5.41, 5.74) is 1.33. The van der Waals surface area contributed by atoms with E-state index in [0.717, 1.165) is 25.2 Å². The number of carbonyl (C=O) groups is 3. The number of carbonyl (C=O) groups excluding carboxylic acids is 3. The summed E-state index contributed by atoms with van der Waals surface area (Å²) in [6.07, 6.45) is 0.926. The smallest absolute Gasteiger partial charge is 0.410 e. The molecule has 0 radical (unpaired) electrons. The quantitative estimate of drug-likeness (QED) is 0.512. The molecule has 4 rings (SSSR count). The van der Waals surface area contributed by atoms with Crippen LogP contribution in [0.3, 0.4) is 0 Å². The molecule has 2 aliphatic rings. The maximum absolute atomic E-state index is 12.9. The van der Waals surface area contributed by atoms with Gasteiger partial charge in [0.05, 0.1) is 11.0 Å². The Balaban J connectivity index is 1.36. The van der Waals surface area contributed by atoms with Gasteiger partial charge in [0.25, 0.3) is 0 Å². The molecule has 3 heterocycles. The highest BCUT2D eigenvalue weighted by molar-refractivity contribution is 6.00. The van der Waals surface area contributed by atoms with Gasteiger partial charge in [0.15, 0.2) is 0 Å². The van der Waals surface area contributed by atoms with Crippen molar-refractivity contribution >= 4 is 28.9 Å². The lowest BCUT2D eigenvalue weighted by atomic mass is 10.1. The van der Waals surface area contributed by atoms with Crippen LogP contribution in [0.15, 0.2) is 23.0 Å². The van der Waals surface area contributed by atoms with E-state index in [1.807, 2.05) is 32.9 Å². The number of aryl methyl sites for hydroxylation is 1. The largest absolute Gasteiger partial charge is 0.444 e. The molecule has 1 unspecified atom stereocenters. The second-order valence-corrected chi connectivity index (χ2v) is 10.2. The molecule has 10 nitrogen and oxygen atoms in total. The van der Waals surface area contributed by atoms with E-state index in [1.165, 1.54) is 9.13 Å². The van der Waals surface area contributed by atoms with Gasteiger partial charge in [0.1, 0.15) is 11.6 Å². The van der Waals surface area contributed by atoms with Crippen molar-refractivity contribution in [1.29, 1.82) is 0 Å². The lowest BCUT2D eigenvalue weighted by Gasteiger charge is -2.35. The Labute approximate surface area is 210 Å². The number of nitrogens with zero attached hydrogens (tertiary/aromatic N) is 4. The van der Waals surface area contributed by atoms with Crippen LogP contribution in [0.2, 0.25) is 0 Å². The zero-order valence-corrected chi connectivity index (χ0v) is 21.3. The normalized spacial score (nSPS) is 19.1. The summed E-state index contributed by atoms with van der Waals surface area (Å²) in [7, 11) is 1.67. The van der Waals surface area contributed by atoms with Gasteiger partial charge < -0.3 is 9.64 Å². The highest BCUT2D eigenvalue weighted by Crippen LogP contribution is 2.23. The zero-order chi connectivity index (χ0) is 26.0. The number of hydrogen-bond acceptors (Lipinski definition) is 6. The van der Waals surface area contributed by atoms with Crippen molar-refractivity contribution in [2.45, 2.75) is 51.7 Å². The Morgan fingerprint density at radius 2 is 1.83 bits per heavy atom. The van der Waals surface area contributed by atoms with E-state index in [-0.39, 0.29) is 24.1 Å². The Kier molecular flexibility index (Phi) is 7.22. The van der Waals surface area contributed by atoms with Crippen LogP contribution in [-0.4, -0.2) is 75.2 Å². The van der Waals surface area contributed by atoms with Crippen molar-refractivity contribution < 1.29 is 19.1 Å². The van der Waals surface area contributed by atoms with Crippen LogP contribution < -0.4 is 11.0 Å². The lowest BCUT2D eigenvalue weighted by molar-refractivity contribution is -0.135. The summed E-state index contributed by atoms with van der Waals surface area (Å²) in [6, 6.07) is 4.80. The lowest BCUT2D eigenvalue weighted by Crippen LogP contribution is -2.50. The van der Waals surface area contributed by atoms with Crippen molar-refractivity contribution in [1.82, 2.24) is 24.3 Å². The van der Waals surface area contributed by atoms with Crippen LogP contribution in [0.5, 0.6) is 0 Å². The van der Waals surface area contributed by atoms with E-state index < -0.39 is 17.6 Å². The number of imide groups is 1. The molecule has 3 amide bonds. The molecule has 36 heavy (non-hydrogen) atoms. The summed E-state index contributed by atoms with van der Waals surface area (Å²) >= 11 is 0. The number of fused-ring (bicyclic) bond motifs is 1. The number of amides is 3. The van der Waals surface area contributed by atoms with E-state index in [4.69, 9.17) is 4.74 Å². The molecule has 0 spiro atoms. The van der Waals surface area contributed by atoms with Gasteiger partial charge in [-0.25, -0.2) is 9.59 Å². The third-order valence-electron chi connectivity index (χ3n) is 6.42. The van der Waals surface area contributed by atoms with Gasteiger partial charge in [0.2, 0.25) is 11.8 Å².